The summed E-state index contributed by atoms with van der Waals surface area (Å²) >= 11 is 0. The molecule has 3 amide bonds. The Morgan fingerprint density at radius 2 is 1.77 bits per heavy atom. The molecule has 1 aromatic heterocycles. The number of hydrogen-bond acceptors (Lipinski definition) is 4. The molecule has 0 bridgehead atoms. The van der Waals surface area contributed by atoms with Crippen molar-refractivity contribution >= 4 is 17.7 Å². The lowest BCUT2D eigenvalue weighted by molar-refractivity contribution is 0.0652. The van der Waals surface area contributed by atoms with E-state index in [0.717, 1.165) is 24.2 Å². The number of para-hydroxylation sites is 1. The van der Waals surface area contributed by atoms with Crippen LogP contribution in [0.1, 0.15) is 56.5 Å². The Morgan fingerprint density at radius 3 is 2.55 bits per heavy atom. The zero-order chi connectivity index (χ0) is 21.8. The van der Waals surface area contributed by atoms with Crippen molar-refractivity contribution in [2.24, 2.45) is 0 Å². The lowest BCUT2D eigenvalue weighted by atomic mass is 10.1. The fourth-order valence-corrected chi connectivity index (χ4v) is 3.58. The molecule has 158 valence electrons. The van der Waals surface area contributed by atoms with Crippen molar-refractivity contribution in [2.45, 2.75) is 26.2 Å². The summed E-state index contributed by atoms with van der Waals surface area (Å²) in [7, 11) is 0. The van der Waals surface area contributed by atoms with E-state index in [1.54, 1.807) is 16.8 Å². The smallest absolute Gasteiger partial charge is 0.261 e. The first-order valence-electron chi connectivity index (χ1n) is 10.5. The number of rotatable bonds is 8. The van der Waals surface area contributed by atoms with Crippen molar-refractivity contribution in [1.29, 1.82) is 0 Å². The first kappa shape index (κ1) is 20.5. The molecule has 0 fully saturated rings. The Labute approximate surface area is 180 Å². The minimum Gasteiger partial charge on any atom is -0.352 e. The zero-order valence-electron chi connectivity index (χ0n) is 17.4. The van der Waals surface area contributed by atoms with Gasteiger partial charge in [-0.3, -0.25) is 19.3 Å². The maximum atomic E-state index is 12.6. The van der Waals surface area contributed by atoms with E-state index >= 15 is 0 Å². The highest BCUT2D eigenvalue weighted by Crippen LogP contribution is 2.24. The molecule has 2 heterocycles. The molecule has 1 N–H and O–H groups in total. The predicted molar refractivity (Wildman–Crippen MR) is 116 cm³/mol. The monoisotopic (exact) mass is 416 g/mol. The highest BCUT2D eigenvalue weighted by molar-refractivity contribution is 6.22. The number of imide groups is 1. The molecule has 1 aliphatic heterocycles. The first-order chi connectivity index (χ1) is 15.1. The topological polar surface area (TPSA) is 84.3 Å². The molecule has 0 unspecified atom stereocenters. The summed E-state index contributed by atoms with van der Waals surface area (Å²) in [6.07, 6.45) is 4.13. The van der Waals surface area contributed by atoms with Gasteiger partial charge < -0.3 is 5.32 Å². The number of unbranched alkanes of at least 4 members (excludes halogenated alkanes) is 1. The number of aromatic nitrogens is 2. The summed E-state index contributed by atoms with van der Waals surface area (Å²) in [5, 5.41) is 7.39. The van der Waals surface area contributed by atoms with Crippen LogP contribution < -0.4 is 5.32 Å². The Hall–Kier alpha value is -3.74. The number of hydrogen-bond donors (Lipinski definition) is 1. The van der Waals surface area contributed by atoms with Gasteiger partial charge in [-0.05, 0) is 42.8 Å². The third-order valence-electron chi connectivity index (χ3n) is 5.30. The van der Waals surface area contributed by atoms with Gasteiger partial charge in [0.15, 0.2) is 0 Å². The number of carbonyl (C=O) groups excluding carboxylic acids is 3. The molecular weight excluding hydrogens is 392 g/mol. The molecule has 0 spiro atoms. The summed E-state index contributed by atoms with van der Waals surface area (Å²) in [5.41, 5.74) is 2.88. The van der Waals surface area contributed by atoms with Gasteiger partial charge >= 0.3 is 0 Å². The van der Waals surface area contributed by atoms with Gasteiger partial charge in [0, 0.05) is 31.3 Å². The number of carbonyl (C=O) groups is 3. The maximum absolute atomic E-state index is 12.6. The van der Waals surface area contributed by atoms with E-state index in [9.17, 15) is 14.4 Å². The molecule has 0 saturated heterocycles. The molecule has 2 aromatic carbocycles. The van der Waals surface area contributed by atoms with Crippen molar-refractivity contribution in [3.63, 3.8) is 0 Å². The van der Waals surface area contributed by atoms with E-state index in [1.165, 1.54) is 11.0 Å². The average Bonchev–Trinajstić information content (AvgIpc) is 3.36. The van der Waals surface area contributed by atoms with Crippen LogP contribution in [0.2, 0.25) is 0 Å². The van der Waals surface area contributed by atoms with Crippen LogP contribution in [0.3, 0.4) is 0 Å². The standard InChI is InChI=1S/C24H24N4O3/c1-2-3-14-27-23(30)20-10-9-17(16-21(20)24(27)31)22(29)25-13-11-18-12-15-28(26-18)19-7-5-4-6-8-19/h4-10,12,15-16H,2-3,11,13-14H2,1H3,(H,25,29). The number of fused-ring (bicyclic) bond motifs is 1. The minimum absolute atomic E-state index is 0.280. The Bertz CT molecular complexity index is 1120. The SMILES string of the molecule is CCCCN1C(=O)c2ccc(C(=O)NCCc3ccn(-c4ccccc4)n3)cc2C1=O. The molecule has 7 nitrogen and oxygen atoms in total. The second kappa shape index (κ2) is 8.95. The molecule has 0 atom stereocenters. The summed E-state index contributed by atoms with van der Waals surface area (Å²) in [6, 6.07) is 16.4. The van der Waals surface area contributed by atoms with Gasteiger partial charge in [0.05, 0.1) is 22.5 Å². The van der Waals surface area contributed by atoms with Gasteiger partial charge in [0.25, 0.3) is 17.7 Å². The number of amides is 3. The van der Waals surface area contributed by atoms with Crippen molar-refractivity contribution in [3.05, 3.63) is 83.2 Å². The maximum Gasteiger partial charge on any atom is 0.261 e. The molecule has 0 aliphatic carbocycles. The lowest BCUT2D eigenvalue weighted by Gasteiger charge is -2.12. The number of nitrogens with one attached hydrogen (secondary N) is 1. The minimum atomic E-state index is -0.324. The van der Waals surface area contributed by atoms with Crippen LogP contribution in [0.4, 0.5) is 0 Å². The first-order valence-corrected chi connectivity index (χ1v) is 10.5. The highest BCUT2D eigenvalue weighted by atomic mass is 16.2. The number of nitrogens with zero attached hydrogens (tertiary/aromatic N) is 3. The van der Waals surface area contributed by atoms with Gasteiger partial charge in [-0.2, -0.15) is 5.10 Å². The molecule has 0 saturated carbocycles. The molecule has 0 radical (unpaired) electrons. The van der Waals surface area contributed by atoms with Crippen molar-refractivity contribution in [3.8, 4) is 5.69 Å². The van der Waals surface area contributed by atoms with E-state index < -0.39 is 0 Å². The summed E-state index contributed by atoms with van der Waals surface area (Å²) in [6.45, 7) is 2.82. The van der Waals surface area contributed by atoms with Gasteiger partial charge in [0.2, 0.25) is 0 Å². The largest absolute Gasteiger partial charge is 0.352 e. The Morgan fingerprint density at radius 1 is 1.00 bits per heavy atom. The third kappa shape index (κ3) is 4.26. The normalized spacial score (nSPS) is 12.9. The van der Waals surface area contributed by atoms with E-state index in [4.69, 9.17) is 0 Å². The number of benzene rings is 2. The molecule has 31 heavy (non-hydrogen) atoms. The average molecular weight is 416 g/mol. The van der Waals surface area contributed by atoms with Crippen LogP contribution in [0.25, 0.3) is 5.69 Å². The van der Waals surface area contributed by atoms with Crippen molar-refractivity contribution < 1.29 is 14.4 Å². The quantitative estimate of drug-likeness (QED) is 0.572. The molecule has 7 heteroatoms. The van der Waals surface area contributed by atoms with E-state index in [1.807, 2.05) is 49.5 Å². The second-order valence-electron chi connectivity index (χ2n) is 7.47. The van der Waals surface area contributed by atoms with Crippen LogP contribution in [0, 0.1) is 0 Å². The fraction of sp³-hybridized carbons (Fsp3) is 0.250. The van der Waals surface area contributed by atoms with Crippen molar-refractivity contribution in [1.82, 2.24) is 20.0 Å². The van der Waals surface area contributed by atoms with Crippen LogP contribution >= 0.6 is 0 Å². The zero-order valence-corrected chi connectivity index (χ0v) is 17.4. The fourth-order valence-electron chi connectivity index (χ4n) is 3.58. The highest BCUT2D eigenvalue weighted by Gasteiger charge is 2.35. The Balaban J connectivity index is 1.36. The van der Waals surface area contributed by atoms with E-state index in [-0.39, 0.29) is 17.7 Å². The lowest BCUT2D eigenvalue weighted by Crippen LogP contribution is -2.30. The van der Waals surface area contributed by atoms with Gasteiger partial charge in [0.1, 0.15) is 0 Å². The van der Waals surface area contributed by atoms with E-state index in [2.05, 4.69) is 10.4 Å². The molecule has 3 aromatic rings. The van der Waals surface area contributed by atoms with Gasteiger partial charge in [-0.1, -0.05) is 31.5 Å². The summed E-state index contributed by atoms with van der Waals surface area (Å²) in [5.74, 6) is -0.887. The summed E-state index contributed by atoms with van der Waals surface area (Å²) < 4.78 is 1.80. The summed E-state index contributed by atoms with van der Waals surface area (Å²) in [4.78, 5) is 38.8. The van der Waals surface area contributed by atoms with Crippen LogP contribution in [0.15, 0.2) is 60.8 Å². The van der Waals surface area contributed by atoms with Crippen molar-refractivity contribution in [2.75, 3.05) is 13.1 Å². The van der Waals surface area contributed by atoms with Crippen LogP contribution in [0.5, 0.6) is 0 Å². The predicted octanol–water partition coefficient (Wildman–Crippen LogP) is 3.24. The molecule has 1 aliphatic rings. The van der Waals surface area contributed by atoms with Crippen LogP contribution in [-0.4, -0.2) is 45.5 Å². The molecular formula is C24H24N4O3. The molecule has 4 rings (SSSR count). The van der Waals surface area contributed by atoms with Crippen LogP contribution in [-0.2, 0) is 6.42 Å². The third-order valence-corrected chi connectivity index (χ3v) is 5.30. The van der Waals surface area contributed by atoms with Gasteiger partial charge in [-0.15, -0.1) is 0 Å². The Kier molecular flexibility index (Phi) is 5.93. The van der Waals surface area contributed by atoms with E-state index in [0.29, 0.717) is 36.2 Å². The van der Waals surface area contributed by atoms with Gasteiger partial charge in [-0.25, -0.2) is 4.68 Å². The second-order valence-corrected chi connectivity index (χ2v) is 7.47.